The van der Waals surface area contributed by atoms with E-state index >= 15 is 0 Å². The molecule has 0 spiro atoms. The van der Waals surface area contributed by atoms with Crippen LogP contribution in [0.4, 0.5) is 0 Å². The summed E-state index contributed by atoms with van der Waals surface area (Å²) < 4.78 is 5.75. The van der Waals surface area contributed by atoms with Crippen LogP contribution in [-0.2, 0) is 11.4 Å². The normalized spacial score (nSPS) is 19.1. The summed E-state index contributed by atoms with van der Waals surface area (Å²) >= 11 is 1.65. The van der Waals surface area contributed by atoms with Gasteiger partial charge < -0.3 is 14.5 Å². The predicted molar refractivity (Wildman–Crippen MR) is 110 cm³/mol. The molecule has 1 unspecified atom stereocenters. The molecule has 2 aliphatic heterocycles. The number of ether oxygens (including phenoxy) is 1. The number of nitrogens with zero attached hydrogens (tertiary/aromatic N) is 2. The highest BCUT2D eigenvalue weighted by molar-refractivity contribution is 7.99. The van der Waals surface area contributed by atoms with Crippen molar-refractivity contribution < 1.29 is 14.3 Å². The fraction of sp³-hybridized carbons (Fsp3) is 0.364. The summed E-state index contributed by atoms with van der Waals surface area (Å²) in [7, 11) is 0. The van der Waals surface area contributed by atoms with Gasteiger partial charge in [-0.15, -0.1) is 11.8 Å². The molecule has 0 radical (unpaired) electrons. The Morgan fingerprint density at radius 1 is 1.00 bits per heavy atom. The van der Waals surface area contributed by atoms with Gasteiger partial charge in [-0.3, -0.25) is 9.59 Å². The van der Waals surface area contributed by atoms with Crippen LogP contribution in [-0.4, -0.2) is 52.4 Å². The van der Waals surface area contributed by atoms with E-state index in [0.717, 1.165) is 37.2 Å². The second-order valence-corrected chi connectivity index (χ2v) is 8.12. The summed E-state index contributed by atoms with van der Waals surface area (Å²) in [5, 5.41) is 0. The Hall–Kier alpha value is -2.47. The lowest BCUT2D eigenvalue weighted by Gasteiger charge is -2.27. The van der Waals surface area contributed by atoms with Crippen molar-refractivity contribution in [2.75, 3.05) is 24.7 Å². The Kier molecular flexibility index (Phi) is 5.86. The van der Waals surface area contributed by atoms with Crippen LogP contribution in [0.2, 0.25) is 0 Å². The number of thioether (sulfide) groups is 1. The van der Waals surface area contributed by atoms with Crippen LogP contribution in [0.1, 0.15) is 28.8 Å². The van der Waals surface area contributed by atoms with Crippen LogP contribution in [0.3, 0.4) is 0 Å². The van der Waals surface area contributed by atoms with Crippen molar-refractivity contribution in [1.29, 1.82) is 0 Å². The number of likely N-dealkylation sites (tertiary alicyclic amines) is 1. The van der Waals surface area contributed by atoms with E-state index in [1.54, 1.807) is 16.7 Å². The van der Waals surface area contributed by atoms with Crippen molar-refractivity contribution in [2.45, 2.75) is 25.5 Å². The first kappa shape index (κ1) is 18.9. The van der Waals surface area contributed by atoms with Crippen LogP contribution in [0.25, 0.3) is 0 Å². The summed E-state index contributed by atoms with van der Waals surface area (Å²) in [6.45, 7) is 2.09. The van der Waals surface area contributed by atoms with Gasteiger partial charge in [0.25, 0.3) is 5.91 Å². The molecule has 0 N–H and O–H groups in total. The van der Waals surface area contributed by atoms with E-state index in [9.17, 15) is 9.59 Å². The van der Waals surface area contributed by atoms with Crippen LogP contribution in [0.5, 0.6) is 5.75 Å². The summed E-state index contributed by atoms with van der Waals surface area (Å²) in [4.78, 5) is 29.4. The minimum Gasteiger partial charge on any atom is -0.489 e. The van der Waals surface area contributed by atoms with Gasteiger partial charge in [0.1, 0.15) is 18.4 Å². The lowest BCUT2D eigenvalue weighted by molar-refractivity contribution is -0.133. The number of hydrogen-bond donors (Lipinski definition) is 0. The summed E-state index contributed by atoms with van der Waals surface area (Å²) in [5.74, 6) is 2.10. The van der Waals surface area contributed by atoms with Gasteiger partial charge in [0.15, 0.2) is 0 Å². The van der Waals surface area contributed by atoms with Crippen molar-refractivity contribution in [1.82, 2.24) is 9.80 Å². The summed E-state index contributed by atoms with van der Waals surface area (Å²) in [6.07, 6.45) is 2.12. The van der Waals surface area contributed by atoms with Gasteiger partial charge in [-0.05, 0) is 42.7 Å². The van der Waals surface area contributed by atoms with E-state index < -0.39 is 0 Å². The van der Waals surface area contributed by atoms with E-state index in [1.165, 1.54) is 0 Å². The molecule has 6 heteroatoms. The Labute approximate surface area is 169 Å². The zero-order valence-corrected chi connectivity index (χ0v) is 16.6. The Morgan fingerprint density at radius 2 is 1.71 bits per heavy atom. The first-order valence-electron chi connectivity index (χ1n) is 9.67. The maximum atomic E-state index is 13.0. The largest absolute Gasteiger partial charge is 0.489 e. The standard InChI is InChI=1S/C22H24N2O3S/c25-21(24-16-28-15-20(24)22(26)23-12-4-5-13-23)18-10-8-17(9-11-18)14-27-19-6-2-1-3-7-19/h1-3,6-11,20H,4-5,12-16H2. The lowest BCUT2D eigenvalue weighted by Crippen LogP contribution is -2.48. The molecule has 2 saturated heterocycles. The maximum absolute atomic E-state index is 13.0. The zero-order valence-electron chi connectivity index (χ0n) is 15.8. The molecule has 146 valence electrons. The molecule has 1 atom stereocenters. The van der Waals surface area contributed by atoms with Crippen LogP contribution >= 0.6 is 11.8 Å². The summed E-state index contributed by atoms with van der Waals surface area (Å²) in [6, 6.07) is 16.8. The van der Waals surface area contributed by atoms with Gasteiger partial charge in [0, 0.05) is 24.4 Å². The van der Waals surface area contributed by atoms with Gasteiger partial charge >= 0.3 is 0 Å². The van der Waals surface area contributed by atoms with E-state index in [-0.39, 0.29) is 17.9 Å². The highest BCUT2D eigenvalue weighted by atomic mass is 32.2. The topological polar surface area (TPSA) is 49.9 Å². The molecule has 2 aromatic carbocycles. The first-order chi connectivity index (χ1) is 13.7. The van der Waals surface area contributed by atoms with Crippen molar-refractivity contribution in [3.63, 3.8) is 0 Å². The molecule has 0 aromatic heterocycles. The Morgan fingerprint density at radius 3 is 2.43 bits per heavy atom. The molecule has 0 saturated carbocycles. The van der Waals surface area contributed by atoms with Crippen molar-refractivity contribution in [2.24, 2.45) is 0 Å². The monoisotopic (exact) mass is 396 g/mol. The fourth-order valence-electron chi connectivity index (χ4n) is 3.59. The number of carbonyl (C=O) groups excluding carboxylic acids is 2. The lowest BCUT2D eigenvalue weighted by atomic mass is 10.1. The number of hydrogen-bond acceptors (Lipinski definition) is 4. The van der Waals surface area contributed by atoms with Crippen molar-refractivity contribution >= 4 is 23.6 Å². The van der Waals surface area contributed by atoms with E-state index in [4.69, 9.17) is 4.74 Å². The molecule has 2 heterocycles. The van der Waals surface area contributed by atoms with Crippen molar-refractivity contribution in [3.05, 3.63) is 65.7 Å². The molecular weight excluding hydrogens is 372 g/mol. The molecule has 2 aliphatic rings. The average molecular weight is 397 g/mol. The molecular formula is C22H24N2O3S. The average Bonchev–Trinajstić information content (AvgIpc) is 3.44. The minimum atomic E-state index is -0.336. The van der Waals surface area contributed by atoms with Gasteiger partial charge in [-0.1, -0.05) is 30.3 Å². The molecule has 2 amide bonds. The third-order valence-corrected chi connectivity index (χ3v) is 6.21. The minimum absolute atomic E-state index is 0.0712. The molecule has 0 aliphatic carbocycles. The molecule has 2 fully saturated rings. The fourth-order valence-corrected chi connectivity index (χ4v) is 4.73. The van der Waals surface area contributed by atoms with E-state index in [1.807, 2.05) is 59.5 Å². The third-order valence-electron chi connectivity index (χ3n) is 5.20. The second kappa shape index (κ2) is 8.69. The highest BCUT2D eigenvalue weighted by Crippen LogP contribution is 2.26. The number of carbonyl (C=O) groups is 2. The van der Waals surface area contributed by atoms with Crippen LogP contribution in [0.15, 0.2) is 54.6 Å². The Bertz CT molecular complexity index is 819. The Balaban J connectivity index is 1.39. The SMILES string of the molecule is O=C(C1CSCN1C(=O)c1ccc(COc2ccccc2)cc1)N1CCCC1. The van der Waals surface area contributed by atoms with E-state index in [2.05, 4.69) is 0 Å². The van der Waals surface area contributed by atoms with Gasteiger partial charge in [-0.25, -0.2) is 0 Å². The molecule has 4 rings (SSSR count). The van der Waals surface area contributed by atoms with Gasteiger partial charge in [0.2, 0.25) is 5.91 Å². The zero-order chi connectivity index (χ0) is 19.3. The van der Waals surface area contributed by atoms with Gasteiger partial charge in [-0.2, -0.15) is 0 Å². The molecule has 0 bridgehead atoms. The second-order valence-electron chi connectivity index (χ2n) is 7.12. The van der Waals surface area contributed by atoms with E-state index in [0.29, 0.717) is 23.8 Å². The first-order valence-corrected chi connectivity index (χ1v) is 10.8. The molecule has 5 nitrogen and oxygen atoms in total. The molecule has 2 aromatic rings. The smallest absolute Gasteiger partial charge is 0.255 e. The highest BCUT2D eigenvalue weighted by Gasteiger charge is 2.37. The van der Waals surface area contributed by atoms with Gasteiger partial charge in [0.05, 0.1) is 5.88 Å². The van der Waals surface area contributed by atoms with Crippen LogP contribution in [0, 0.1) is 0 Å². The predicted octanol–water partition coefficient (Wildman–Crippen LogP) is 3.40. The number of benzene rings is 2. The van der Waals surface area contributed by atoms with Crippen LogP contribution < -0.4 is 4.74 Å². The maximum Gasteiger partial charge on any atom is 0.255 e. The van der Waals surface area contributed by atoms with Crippen molar-refractivity contribution in [3.8, 4) is 5.75 Å². The number of rotatable bonds is 5. The number of para-hydroxylation sites is 1. The third kappa shape index (κ3) is 4.17. The molecule has 28 heavy (non-hydrogen) atoms. The number of amides is 2. The summed E-state index contributed by atoms with van der Waals surface area (Å²) in [5.41, 5.74) is 1.62. The quantitative estimate of drug-likeness (QED) is 0.777.